The Bertz CT molecular complexity index is 2120. The van der Waals surface area contributed by atoms with Gasteiger partial charge in [0, 0.05) is 25.7 Å². The van der Waals surface area contributed by atoms with Crippen LogP contribution in [0.4, 0.5) is 0 Å². The van der Waals surface area contributed by atoms with Gasteiger partial charge in [0.25, 0.3) is 0 Å². The van der Waals surface area contributed by atoms with Gasteiger partial charge in [-0.15, -0.1) is 0 Å². The maximum absolute atomic E-state index is 13.2. The molecule has 17 nitrogen and oxygen atoms in total. The molecule has 19 heteroatoms. The van der Waals surface area contributed by atoms with E-state index in [2.05, 4.69) is 27.7 Å². The fourth-order valence-corrected chi connectivity index (χ4v) is 16.5. The summed E-state index contributed by atoms with van der Waals surface area (Å²) in [4.78, 5) is 73.5. The van der Waals surface area contributed by atoms with Gasteiger partial charge in [0.1, 0.15) is 19.3 Å². The highest BCUT2D eigenvalue weighted by Crippen LogP contribution is 2.45. The van der Waals surface area contributed by atoms with Gasteiger partial charge in [0.15, 0.2) is 12.2 Å². The van der Waals surface area contributed by atoms with E-state index >= 15 is 0 Å². The van der Waals surface area contributed by atoms with Gasteiger partial charge in [-0.1, -0.05) is 471 Å². The number of phosphoric ester groups is 2. The van der Waals surface area contributed by atoms with Gasteiger partial charge >= 0.3 is 39.5 Å². The second-order valence-electron chi connectivity index (χ2n) is 33.8. The van der Waals surface area contributed by atoms with Crippen LogP contribution in [0.2, 0.25) is 0 Å². The highest BCUT2D eigenvalue weighted by molar-refractivity contribution is 7.47. The van der Waals surface area contributed by atoms with Crippen LogP contribution in [-0.4, -0.2) is 96.7 Å². The summed E-state index contributed by atoms with van der Waals surface area (Å²) in [5, 5.41) is 10.7. The topological polar surface area (TPSA) is 237 Å². The summed E-state index contributed by atoms with van der Waals surface area (Å²) in [6.07, 6.45) is 86.4. The third-order valence-electron chi connectivity index (χ3n) is 22.4. The Morgan fingerprint density at radius 1 is 0.212 bits per heavy atom. The number of rotatable bonds is 95. The molecule has 0 rings (SSSR count). The van der Waals surface area contributed by atoms with Crippen LogP contribution in [0.5, 0.6) is 0 Å². The maximum atomic E-state index is 13.2. The number of carbonyl (C=O) groups excluding carboxylic acids is 4. The van der Waals surface area contributed by atoms with Crippen LogP contribution < -0.4 is 0 Å². The van der Waals surface area contributed by atoms with E-state index in [-0.39, 0.29) is 25.7 Å². The standard InChI is InChI=1S/C94H184O17P2/c1-5-9-13-17-21-25-29-32-35-38-41-43-45-48-50-53-56-59-63-67-71-75-79-92(97)105-85-90(111-94(99)81-77-73-69-65-61-58-55-52-49-46-44-42-39-36-33-30-26-22-18-14-10-6-2)87-109-113(102,103)107-83-88(95)82-106-112(100,101)108-86-89(84-104-91(96)78-74-70-66-62-28-24-20-16-12-8-4)110-93(98)80-76-72-68-64-60-57-54-51-47-40-37-34-31-27-23-19-15-11-7-3/h88-90,95H,5-87H2,1-4H3,(H,100,101)(H,102,103)/t88-,89+,90+/m0/s1. The van der Waals surface area contributed by atoms with E-state index < -0.39 is 97.5 Å². The Labute approximate surface area is 696 Å². The van der Waals surface area contributed by atoms with E-state index in [9.17, 15) is 43.2 Å². The van der Waals surface area contributed by atoms with E-state index in [4.69, 9.17) is 37.0 Å². The fourth-order valence-electron chi connectivity index (χ4n) is 14.9. The molecule has 5 atom stereocenters. The Hall–Kier alpha value is -1.94. The van der Waals surface area contributed by atoms with E-state index in [1.807, 2.05) is 0 Å². The van der Waals surface area contributed by atoms with Gasteiger partial charge in [-0.25, -0.2) is 9.13 Å². The zero-order valence-corrected chi connectivity index (χ0v) is 76.2. The monoisotopic (exact) mass is 1650 g/mol. The number of esters is 4. The molecule has 0 aliphatic heterocycles. The highest BCUT2D eigenvalue weighted by Gasteiger charge is 2.31. The quantitative estimate of drug-likeness (QED) is 0.0222. The summed E-state index contributed by atoms with van der Waals surface area (Å²) < 4.78 is 69.1. The number of hydrogen-bond donors (Lipinski definition) is 3. The first-order chi connectivity index (χ1) is 55.2. The average molecular weight is 1650 g/mol. The molecule has 0 aromatic rings. The fraction of sp³-hybridized carbons (Fsp3) is 0.957. The summed E-state index contributed by atoms with van der Waals surface area (Å²) in [6.45, 7) is 5.09. The Balaban J connectivity index is 5.20. The average Bonchev–Trinajstić information content (AvgIpc) is 0.899. The largest absolute Gasteiger partial charge is 0.472 e. The molecule has 0 heterocycles. The van der Waals surface area contributed by atoms with Gasteiger partial charge in [-0.3, -0.25) is 37.3 Å². The van der Waals surface area contributed by atoms with Gasteiger partial charge in [0.2, 0.25) is 0 Å². The summed E-state index contributed by atoms with van der Waals surface area (Å²) in [5.41, 5.74) is 0. The molecule has 2 unspecified atom stereocenters. The first kappa shape index (κ1) is 111. The second-order valence-corrected chi connectivity index (χ2v) is 36.7. The van der Waals surface area contributed by atoms with Crippen LogP contribution in [0.3, 0.4) is 0 Å². The van der Waals surface area contributed by atoms with E-state index in [0.717, 1.165) is 89.9 Å². The number of unbranched alkanes of at least 4 members (excludes halogenated alkanes) is 69. The lowest BCUT2D eigenvalue weighted by Gasteiger charge is -2.21. The lowest BCUT2D eigenvalue weighted by Crippen LogP contribution is -2.30. The molecule has 0 fully saturated rings. The minimum absolute atomic E-state index is 0.110. The summed E-state index contributed by atoms with van der Waals surface area (Å²) in [5.74, 6) is -2.09. The third kappa shape index (κ3) is 87.7. The van der Waals surface area contributed by atoms with Crippen LogP contribution in [-0.2, 0) is 65.4 Å². The molecule has 0 saturated heterocycles. The van der Waals surface area contributed by atoms with Gasteiger partial charge in [-0.2, -0.15) is 0 Å². The molecule has 0 aromatic heterocycles. The van der Waals surface area contributed by atoms with Crippen molar-refractivity contribution in [3.63, 3.8) is 0 Å². The Morgan fingerprint density at radius 2 is 0.354 bits per heavy atom. The molecule has 0 amide bonds. The third-order valence-corrected chi connectivity index (χ3v) is 24.3. The van der Waals surface area contributed by atoms with Crippen molar-refractivity contribution in [2.24, 2.45) is 0 Å². The van der Waals surface area contributed by atoms with E-state index in [1.54, 1.807) is 0 Å². The molecular weight excluding hydrogens is 1460 g/mol. The van der Waals surface area contributed by atoms with Crippen LogP contribution >= 0.6 is 15.6 Å². The molecule has 113 heavy (non-hydrogen) atoms. The van der Waals surface area contributed by atoms with Crippen molar-refractivity contribution in [1.82, 2.24) is 0 Å². The Kier molecular flexibility index (Phi) is 86.4. The zero-order chi connectivity index (χ0) is 82.4. The van der Waals surface area contributed by atoms with Crippen molar-refractivity contribution in [3.8, 4) is 0 Å². The molecule has 672 valence electrons. The van der Waals surface area contributed by atoms with Crippen molar-refractivity contribution in [2.45, 2.75) is 540 Å². The molecule has 0 radical (unpaired) electrons. The lowest BCUT2D eigenvalue weighted by molar-refractivity contribution is -0.161. The van der Waals surface area contributed by atoms with Gasteiger partial charge in [0.05, 0.1) is 26.4 Å². The molecule has 0 saturated carbocycles. The highest BCUT2D eigenvalue weighted by atomic mass is 31.2. The van der Waals surface area contributed by atoms with Crippen LogP contribution in [0.25, 0.3) is 0 Å². The van der Waals surface area contributed by atoms with Crippen molar-refractivity contribution in [2.75, 3.05) is 39.6 Å². The van der Waals surface area contributed by atoms with Crippen molar-refractivity contribution in [3.05, 3.63) is 0 Å². The molecule has 0 spiro atoms. The van der Waals surface area contributed by atoms with Crippen molar-refractivity contribution < 1.29 is 80.2 Å². The predicted octanol–water partition coefficient (Wildman–Crippen LogP) is 29.6. The van der Waals surface area contributed by atoms with E-state index in [1.165, 1.54) is 353 Å². The summed E-state index contributed by atoms with van der Waals surface area (Å²) in [7, 11) is -9.94. The first-order valence-electron chi connectivity index (χ1n) is 48.8. The van der Waals surface area contributed by atoms with Crippen LogP contribution in [0.1, 0.15) is 522 Å². The summed E-state index contributed by atoms with van der Waals surface area (Å²) >= 11 is 0. The zero-order valence-electron chi connectivity index (χ0n) is 74.4. The molecular formula is C94H184O17P2. The molecule has 3 N–H and O–H groups in total. The van der Waals surface area contributed by atoms with Crippen molar-refractivity contribution in [1.29, 1.82) is 0 Å². The minimum atomic E-state index is -4.97. The van der Waals surface area contributed by atoms with Gasteiger partial charge < -0.3 is 33.8 Å². The number of ether oxygens (including phenoxy) is 4. The number of aliphatic hydroxyl groups excluding tert-OH is 1. The lowest BCUT2D eigenvalue weighted by atomic mass is 10.0. The van der Waals surface area contributed by atoms with Crippen LogP contribution in [0.15, 0.2) is 0 Å². The molecule has 0 aliphatic rings. The van der Waals surface area contributed by atoms with Gasteiger partial charge in [-0.05, 0) is 25.7 Å². The Morgan fingerprint density at radius 3 is 0.522 bits per heavy atom. The second kappa shape index (κ2) is 87.9. The first-order valence-corrected chi connectivity index (χ1v) is 51.8. The number of carbonyl (C=O) groups is 4. The summed E-state index contributed by atoms with van der Waals surface area (Å²) in [6, 6.07) is 0. The maximum Gasteiger partial charge on any atom is 0.472 e. The smallest absolute Gasteiger partial charge is 0.462 e. The molecule has 0 bridgehead atoms. The predicted molar refractivity (Wildman–Crippen MR) is 469 cm³/mol. The minimum Gasteiger partial charge on any atom is -0.462 e. The molecule has 0 aromatic carbocycles. The number of phosphoric acid groups is 2. The van der Waals surface area contributed by atoms with Crippen LogP contribution in [0, 0.1) is 0 Å². The number of aliphatic hydroxyl groups is 1. The van der Waals surface area contributed by atoms with Crippen molar-refractivity contribution >= 4 is 39.5 Å². The SMILES string of the molecule is CCCCCCCCCCCCCCCCCCCCCCCCC(=O)OC[C@H](COP(=O)(O)OC[C@@H](O)COP(=O)(O)OC[C@@H](COC(=O)CCCCCCCCCCCC)OC(=O)CCCCCCCCCCCCCCCCCCCCC)OC(=O)CCCCCCCCCCCCCCCCCCCCCCCC. The molecule has 0 aliphatic carbocycles. The van der Waals surface area contributed by atoms with E-state index in [0.29, 0.717) is 25.7 Å². The normalized spacial score (nSPS) is 13.6. The number of hydrogen-bond acceptors (Lipinski definition) is 15.